The lowest BCUT2D eigenvalue weighted by Crippen LogP contribution is -2.31. The van der Waals surface area contributed by atoms with Crippen LogP contribution in [0.25, 0.3) is 0 Å². The van der Waals surface area contributed by atoms with Crippen LogP contribution in [0.4, 0.5) is 5.69 Å². The topological polar surface area (TPSA) is 70.5 Å². The Morgan fingerprint density at radius 2 is 1.95 bits per heavy atom. The number of aromatic carboxylic acids is 1. The average molecular weight is 294 g/mol. The predicted molar refractivity (Wildman–Crippen MR) is 79.7 cm³/mol. The minimum Gasteiger partial charge on any atom is -0.477 e. The van der Waals surface area contributed by atoms with Gasteiger partial charge in [-0.25, -0.2) is 9.78 Å². The van der Waals surface area contributed by atoms with E-state index in [1.807, 2.05) is 24.3 Å². The molecule has 2 aromatic rings. The first-order valence-corrected chi connectivity index (χ1v) is 7.22. The number of amides is 1. The van der Waals surface area contributed by atoms with Gasteiger partial charge in [-0.2, -0.15) is 0 Å². The van der Waals surface area contributed by atoms with Crippen LogP contribution in [0.5, 0.6) is 0 Å². The summed E-state index contributed by atoms with van der Waals surface area (Å²) in [5.41, 5.74) is 2.27. The summed E-state index contributed by atoms with van der Waals surface area (Å²) in [6.45, 7) is 0.304. The maximum absolute atomic E-state index is 12.8. The van der Waals surface area contributed by atoms with Crippen molar-refractivity contribution >= 4 is 17.6 Å². The first kappa shape index (κ1) is 13.0. The maximum atomic E-state index is 12.8. The zero-order valence-corrected chi connectivity index (χ0v) is 11.8. The van der Waals surface area contributed by atoms with Gasteiger partial charge in [-0.3, -0.25) is 4.79 Å². The van der Waals surface area contributed by atoms with Gasteiger partial charge in [-0.15, -0.1) is 0 Å². The fourth-order valence-corrected chi connectivity index (χ4v) is 3.21. The van der Waals surface area contributed by atoms with Crippen LogP contribution < -0.4 is 4.90 Å². The minimum absolute atomic E-state index is 0.00133. The summed E-state index contributed by atoms with van der Waals surface area (Å²) in [6, 6.07) is 12.7. The standard InChI is InChI=1S/C17H14N2O3/c20-15(21)13-6-3-4-11(18-13)10-19-14-7-2-1-5-12(14)17(8-9-17)16(19)22/h1-7H,8-10H2,(H,20,21). The lowest BCUT2D eigenvalue weighted by atomic mass is 9.98. The lowest BCUT2D eigenvalue weighted by molar-refractivity contribution is -0.120. The molecule has 0 atom stereocenters. The van der Waals surface area contributed by atoms with Crippen LogP contribution in [0.2, 0.25) is 0 Å². The van der Waals surface area contributed by atoms with Crippen LogP contribution in [0, 0.1) is 0 Å². The fraction of sp³-hybridized carbons (Fsp3) is 0.235. The summed E-state index contributed by atoms with van der Waals surface area (Å²) in [5, 5.41) is 9.03. The molecule has 0 unspecified atom stereocenters. The molecule has 1 N–H and O–H groups in total. The molecule has 1 saturated carbocycles. The van der Waals surface area contributed by atoms with Crippen molar-refractivity contribution in [2.24, 2.45) is 0 Å². The van der Waals surface area contributed by atoms with E-state index in [2.05, 4.69) is 4.98 Å². The molecule has 2 aliphatic rings. The van der Waals surface area contributed by atoms with Gasteiger partial charge in [0.2, 0.25) is 5.91 Å². The second kappa shape index (κ2) is 4.40. The molecular formula is C17H14N2O3. The Labute approximate surface area is 127 Å². The Bertz CT molecular complexity index is 796. The third kappa shape index (κ3) is 1.75. The monoisotopic (exact) mass is 294 g/mol. The number of carboxylic acids is 1. The van der Waals surface area contributed by atoms with Crippen LogP contribution >= 0.6 is 0 Å². The van der Waals surface area contributed by atoms with Gasteiger partial charge in [0.25, 0.3) is 0 Å². The maximum Gasteiger partial charge on any atom is 0.354 e. The Balaban J connectivity index is 1.71. The van der Waals surface area contributed by atoms with Crippen molar-refractivity contribution in [2.45, 2.75) is 24.8 Å². The molecule has 5 nitrogen and oxygen atoms in total. The van der Waals surface area contributed by atoms with E-state index in [1.54, 1.807) is 17.0 Å². The molecule has 4 rings (SSSR count). The number of carboxylic acid groups (broad SMARTS) is 1. The Morgan fingerprint density at radius 1 is 1.18 bits per heavy atom. The molecule has 5 heteroatoms. The lowest BCUT2D eigenvalue weighted by Gasteiger charge is -2.17. The zero-order valence-electron chi connectivity index (χ0n) is 11.8. The summed E-state index contributed by atoms with van der Waals surface area (Å²) in [7, 11) is 0. The largest absolute Gasteiger partial charge is 0.477 e. The van der Waals surface area contributed by atoms with E-state index in [0.29, 0.717) is 12.2 Å². The van der Waals surface area contributed by atoms with Gasteiger partial charge in [-0.1, -0.05) is 24.3 Å². The van der Waals surface area contributed by atoms with Gasteiger partial charge >= 0.3 is 5.97 Å². The quantitative estimate of drug-likeness (QED) is 0.943. The molecule has 2 heterocycles. The van der Waals surface area contributed by atoms with E-state index in [0.717, 1.165) is 24.1 Å². The minimum atomic E-state index is -1.06. The Morgan fingerprint density at radius 3 is 2.68 bits per heavy atom. The van der Waals surface area contributed by atoms with Crippen molar-refractivity contribution in [3.8, 4) is 0 Å². The highest BCUT2D eigenvalue weighted by Gasteiger charge is 2.58. The van der Waals surface area contributed by atoms with E-state index in [9.17, 15) is 9.59 Å². The number of carbonyl (C=O) groups excluding carboxylic acids is 1. The summed E-state index contributed by atoms with van der Waals surface area (Å²) in [6.07, 6.45) is 1.78. The molecule has 1 aliphatic carbocycles. The van der Waals surface area contributed by atoms with Gasteiger partial charge in [0, 0.05) is 5.69 Å². The van der Waals surface area contributed by atoms with E-state index in [1.165, 1.54) is 6.07 Å². The molecule has 1 fully saturated rings. The van der Waals surface area contributed by atoms with Crippen molar-refractivity contribution < 1.29 is 14.7 Å². The third-order valence-corrected chi connectivity index (χ3v) is 4.46. The Hall–Kier alpha value is -2.69. The zero-order chi connectivity index (χ0) is 15.3. The van der Waals surface area contributed by atoms with Crippen molar-refractivity contribution in [3.63, 3.8) is 0 Å². The number of rotatable bonds is 3. The van der Waals surface area contributed by atoms with Gasteiger partial charge in [0.1, 0.15) is 5.69 Å². The second-order valence-corrected chi connectivity index (χ2v) is 5.81. The van der Waals surface area contributed by atoms with E-state index >= 15 is 0 Å². The smallest absolute Gasteiger partial charge is 0.354 e. The molecule has 110 valence electrons. The Kier molecular flexibility index (Phi) is 2.60. The number of para-hydroxylation sites is 1. The normalized spacial score (nSPS) is 17.6. The van der Waals surface area contributed by atoms with Gasteiger partial charge in [0.15, 0.2) is 0 Å². The summed E-state index contributed by atoms with van der Waals surface area (Å²) < 4.78 is 0. The van der Waals surface area contributed by atoms with Crippen molar-refractivity contribution in [3.05, 3.63) is 59.4 Å². The molecular weight excluding hydrogens is 280 g/mol. The molecule has 1 amide bonds. The van der Waals surface area contributed by atoms with Crippen LogP contribution in [0.15, 0.2) is 42.5 Å². The third-order valence-electron chi connectivity index (χ3n) is 4.46. The molecule has 1 aromatic heterocycles. The number of hydrogen-bond donors (Lipinski definition) is 1. The molecule has 0 radical (unpaired) electrons. The van der Waals surface area contributed by atoms with Crippen molar-refractivity contribution in [2.75, 3.05) is 4.90 Å². The van der Waals surface area contributed by atoms with E-state index in [4.69, 9.17) is 5.11 Å². The summed E-state index contributed by atoms with van der Waals surface area (Å²) in [4.78, 5) is 29.6. The number of anilines is 1. The highest BCUT2D eigenvalue weighted by Crippen LogP contribution is 2.57. The number of nitrogens with zero attached hydrogens (tertiary/aromatic N) is 2. The molecule has 1 aromatic carbocycles. The number of aromatic nitrogens is 1. The molecule has 22 heavy (non-hydrogen) atoms. The summed E-state index contributed by atoms with van der Waals surface area (Å²) in [5.74, 6) is -0.954. The first-order valence-electron chi connectivity index (χ1n) is 7.22. The molecule has 0 saturated heterocycles. The average Bonchev–Trinajstić information content (AvgIpc) is 3.30. The number of fused-ring (bicyclic) bond motifs is 2. The number of carbonyl (C=O) groups is 2. The van der Waals surface area contributed by atoms with Crippen LogP contribution in [0.3, 0.4) is 0 Å². The summed E-state index contributed by atoms with van der Waals surface area (Å²) >= 11 is 0. The SMILES string of the molecule is O=C(O)c1cccc(CN2C(=O)C3(CC3)c3ccccc32)n1. The first-order chi connectivity index (χ1) is 10.6. The van der Waals surface area contributed by atoms with Crippen molar-refractivity contribution in [1.29, 1.82) is 0 Å². The highest BCUT2D eigenvalue weighted by molar-refractivity contribution is 6.10. The van der Waals surface area contributed by atoms with Gasteiger partial charge < -0.3 is 10.0 Å². The molecule has 1 aliphatic heterocycles. The number of pyridine rings is 1. The molecule has 1 spiro atoms. The van der Waals surface area contributed by atoms with Gasteiger partial charge in [0.05, 0.1) is 17.7 Å². The van der Waals surface area contributed by atoms with Crippen molar-refractivity contribution in [1.82, 2.24) is 4.98 Å². The number of benzene rings is 1. The van der Waals surface area contributed by atoms with Crippen LogP contribution in [-0.4, -0.2) is 22.0 Å². The van der Waals surface area contributed by atoms with E-state index < -0.39 is 5.97 Å². The van der Waals surface area contributed by atoms with Crippen LogP contribution in [-0.2, 0) is 16.8 Å². The van der Waals surface area contributed by atoms with Crippen LogP contribution in [0.1, 0.15) is 34.6 Å². The van der Waals surface area contributed by atoms with Gasteiger partial charge in [-0.05, 0) is 36.6 Å². The number of hydrogen-bond acceptors (Lipinski definition) is 3. The van der Waals surface area contributed by atoms with E-state index in [-0.39, 0.29) is 17.0 Å². The molecule has 0 bridgehead atoms. The fourth-order valence-electron chi connectivity index (χ4n) is 3.21. The predicted octanol–water partition coefficient (Wildman–Crippen LogP) is 2.36. The highest BCUT2D eigenvalue weighted by atomic mass is 16.4. The second-order valence-electron chi connectivity index (χ2n) is 5.81.